The number of hydrazine groups is 1. The number of rotatable bonds is 8. The van der Waals surface area contributed by atoms with Crippen molar-refractivity contribution in [2.75, 3.05) is 32.7 Å². The van der Waals surface area contributed by atoms with E-state index in [0.717, 1.165) is 5.01 Å². The molecule has 2 N–H and O–H groups in total. The van der Waals surface area contributed by atoms with Gasteiger partial charge in [0.25, 0.3) is 11.8 Å². The molecule has 1 aliphatic rings. The zero-order valence-electron chi connectivity index (χ0n) is 17.9. The maximum Gasteiger partial charge on any atom is 0.311 e. The van der Waals surface area contributed by atoms with Gasteiger partial charge in [0.05, 0.1) is 26.7 Å². The number of ether oxygens (including phenoxy) is 3. The van der Waals surface area contributed by atoms with Gasteiger partial charge in [-0.1, -0.05) is 11.6 Å². The van der Waals surface area contributed by atoms with Gasteiger partial charge >= 0.3 is 5.97 Å². The van der Waals surface area contributed by atoms with Gasteiger partial charge in [0, 0.05) is 22.7 Å². The fourth-order valence-corrected chi connectivity index (χ4v) is 3.25. The van der Waals surface area contributed by atoms with Crippen LogP contribution in [0.4, 0.5) is 5.69 Å². The highest BCUT2D eigenvalue weighted by Crippen LogP contribution is 2.27. The molecular formula is C22H22ClN3O7. The smallest absolute Gasteiger partial charge is 0.311 e. The van der Waals surface area contributed by atoms with Crippen molar-refractivity contribution in [2.45, 2.75) is 6.42 Å². The Morgan fingerprint density at radius 1 is 1.06 bits per heavy atom. The highest BCUT2D eigenvalue weighted by molar-refractivity contribution is 6.30. The predicted octanol–water partition coefficient (Wildman–Crippen LogP) is 2.03. The van der Waals surface area contributed by atoms with Crippen LogP contribution in [-0.2, 0) is 19.1 Å². The van der Waals surface area contributed by atoms with Crippen LogP contribution >= 0.6 is 11.6 Å². The monoisotopic (exact) mass is 475 g/mol. The average molecular weight is 476 g/mol. The molecule has 2 aromatic carbocycles. The summed E-state index contributed by atoms with van der Waals surface area (Å²) in [6.07, 6.45) is -0.149. The maximum absolute atomic E-state index is 12.5. The molecule has 0 radical (unpaired) electrons. The van der Waals surface area contributed by atoms with E-state index in [1.54, 1.807) is 30.3 Å². The molecule has 1 fully saturated rings. The number of hydrogen-bond acceptors (Lipinski definition) is 7. The van der Waals surface area contributed by atoms with Gasteiger partial charge in [0.1, 0.15) is 0 Å². The van der Waals surface area contributed by atoms with E-state index in [1.165, 1.54) is 26.4 Å². The Bertz CT molecular complexity index is 1060. The molecule has 2 aromatic rings. The second kappa shape index (κ2) is 10.7. The minimum Gasteiger partial charge on any atom is -0.493 e. The van der Waals surface area contributed by atoms with E-state index in [-0.39, 0.29) is 18.5 Å². The number of methoxy groups -OCH3 is 2. The van der Waals surface area contributed by atoms with E-state index in [9.17, 15) is 19.2 Å². The van der Waals surface area contributed by atoms with Gasteiger partial charge in [-0.05, 0) is 42.5 Å². The molecule has 0 spiro atoms. The molecule has 1 heterocycles. The van der Waals surface area contributed by atoms with Crippen LogP contribution in [0.5, 0.6) is 11.5 Å². The third-order valence-electron chi connectivity index (χ3n) is 4.81. The fraction of sp³-hybridized carbons (Fsp3) is 0.273. The molecule has 1 aliphatic heterocycles. The van der Waals surface area contributed by atoms with Crippen molar-refractivity contribution in [2.24, 2.45) is 5.92 Å². The molecule has 3 amide bonds. The number of hydrogen-bond donors (Lipinski definition) is 2. The van der Waals surface area contributed by atoms with Gasteiger partial charge in [0.15, 0.2) is 18.1 Å². The Morgan fingerprint density at radius 2 is 1.76 bits per heavy atom. The lowest BCUT2D eigenvalue weighted by atomic mass is 10.1. The number of amides is 3. The summed E-state index contributed by atoms with van der Waals surface area (Å²) >= 11 is 5.79. The van der Waals surface area contributed by atoms with Crippen LogP contribution in [0.1, 0.15) is 16.8 Å². The van der Waals surface area contributed by atoms with E-state index < -0.39 is 36.2 Å². The number of esters is 1. The molecule has 0 bridgehead atoms. The van der Waals surface area contributed by atoms with Gasteiger partial charge < -0.3 is 19.5 Å². The van der Waals surface area contributed by atoms with Crippen molar-refractivity contribution in [1.82, 2.24) is 10.4 Å². The Balaban J connectivity index is 1.50. The Morgan fingerprint density at radius 3 is 2.42 bits per heavy atom. The topological polar surface area (TPSA) is 123 Å². The van der Waals surface area contributed by atoms with Crippen molar-refractivity contribution in [3.8, 4) is 11.5 Å². The van der Waals surface area contributed by atoms with Crippen molar-refractivity contribution in [3.63, 3.8) is 0 Å². The molecule has 0 unspecified atom stereocenters. The van der Waals surface area contributed by atoms with Crippen LogP contribution < -0.4 is 20.2 Å². The average Bonchev–Trinajstić information content (AvgIpc) is 3.18. The van der Waals surface area contributed by atoms with E-state index in [2.05, 4.69) is 10.7 Å². The maximum atomic E-state index is 12.5. The Kier molecular flexibility index (Phi) is 7.73. The fourth-order valence-electron chi connectivity index (χ4n) is 3.12. The van der Waals surface area contributed by atoms with E-state index in [1.807, 2.05) is 0 Å². The normalized spacial score (nSPS) is 15.1. The van der Waals surface area contributed by atoms with E-state index in [4.69, 9.17) is 25.8 Å². The summed E-state index contributed by atoms with van der Waals surface area (Å²) in [7, 11) is 2.91. The number of anilines is 1. The van der Waals surface area contributed by atoms with Crippen molar-refractivity contribution >= 4 is 41.0 Å². The van der Waals surface area contributed by atoms with Crippen LogP contribution in [0.3, 0.4) is 0 Å². The number of benzene rings is 2. The van der Waals surface area contributed by atoms with Crippen LogP contribution in [-0.4, -0.2) is 56.1 Å². The molecule has 33 heavy (non-hydrogen) atoms. The summed E-state index contributed by atoms with van der Waals surface area (Å²) in [4.78, 5) is 49.1. The lowest BCUT2D eigenvalue weighted by molar-refractivity contribution is -0.151. The first-order chi connectivity index (χ1) is 15.8. The summed E-state index contributed by atoms with van der Waals surface area (Å²) < 4.78 is 15.3. The molecule has 0 aromatic heterocycles. The number of nitrogens with one attached hydrogen (secondary N) is 2. The Labute approximate surface area is 194 Å². The molecule has 1 atom stereocenters. The van der Waals surface area contributed by atoms with Gasteiger partial charge in [0.2, 0.25) is 5.91 Å². The SMILES string of the molecule is COc1ccc(C(=O)NN2C[C@H](C(=O)OCC(=O)Nc3ccc(Cl)cc3)CC2=O)cc1OC. The summed E-state index contributed by atoms with van der Waals surface area (Å²) in [5.74, 6) is -2.25. The largest absolute Gasteiger partial charge is 0.493 e. The van der Waals surface area contributed by atoms with Crippen LogP contribution in [0.25, 0.3) is 0 Å². The quantitative estimate of drug-likeness (QED) is 0.560. The zero-order valence-corrected chi connectivity index (χ0v) is 18.7. The number of carbonyl (C=O) groups is 4. The zero-order chi connectivity index (χ0) is 24.0. The van der Waals surface area contributed by atoms with Crippen LogP contribution in [0.15, 0.2) is 42.5 Å². The summed E-state index contributed by atoms with van der Waals surface area (Å²) in [5, 5.41) is 4.14. The first-order valence-corrected chi connectivity index (χ1v) is 10.2. The van der Waals surface area contributed by atoms with Gasteiger partial charge in [-0.15, -0.1) is 0 Å². The lowest BCUT2D eigenvalue weighted by Gasteiger charge is -2.18. The highest BCUT2D eigenvalue weighted by Gasteiger charge is 2.36. The van der Waals surface area contributed by atoms with Crippen molar-refractivity contribution in [1.29, 1.82) is 0 Å². The second-order valence-electron chi connectivity index (χ2n) is 7.08. The van der Waals surface area contributed by atoms with Crippen molar-refractivity contribution in [3.05, 3.63) is 53.1 Å². The number of carbonyl (C=O) groups excluding carboxylic acids is 4. The van der Waals surface area contributed by atoms with Crippen molar-refractivity contribution < 1.29 is 33.4 Å². The number of halogens is 1. The summed E-state index contributed by atoms with van der Waals surface area (Å²) in [6.45, 7) is -0.584. The van der Waals surface area contributed by atoms with E-state index in [0.29, 0.717) is 22.2 Å². The van der Waals surface area contributed by atoms with Gasteiger partial charge in [-0.2, -0.15) is 0 Å². The standard InChI is InChI=1S/C22H22ClN3O7/c1-31-17-8-3-13(9-18(17)32-2)21(29)25-26-11-14(10-20(26)28)22(30)33-12-19(27)24-16-6-4-15(23)5-7-16/h3-9,14H,10-12H2,1-2H3,(H,24,27)(H,25,29)/t14-/m1/s1. The minimum absolute atomic E-state index is 0.0739. The molecule has 3 rings (SSSR count). The minimum atomic E-state index is -0.813. The molecule has 11 heteroatoms. The van der Waals surface area contributed by atoms with Crippen LogP contribution in [0.2, 0.25) is 5.02 Å². The molecule has 0 saturated carbocycles. The van der Waals surface area contributed by atoms with Crippen LogP contribution in [0, 0.1) is 5.92 Å². The Hall–Kier alpha value is -3.79. The molecule has 10 nitrogen and oxygen atoms in total. The third kappa shape index (κ3) is 6.13. The predicted molar refractivity (Wildman–Crippen MR) is 118 cm³/mol. The molecule has 1 saturated heterocycles. The number of nitrogens with zero attached hydrogens (tertiary/aromatic N) is 1. The highest BCUT2D eigenvalue weighted by atomic mass is 35.5. The summed E-state index contributed by atoms with van der Waals surface area (Å²) in [6, 6.07) is 11.0. The van der Waals surface area contributed by atoms with Gasteiger partial charge in [-0.25, -0.2) is 0 Å². The lowest BCUT2D eigenvalue weighted by Crippen LogP contribution is -2.43. The molecular weight excluding hydrogens is 454 g/mol. The second-order valence-corrected chi connectivity index (χ2v) is 7.52. The molecule has 0 aliphatic carbocycles. The molecule has 174 valence electrons. The first-order valence-electron chi connectivity index (χ1n) is 9.86. The third-order valence-corrected chi connectivity index (χ3v) is 5.07. The van der Waals surface area contributed by atoms with E-state index >= 15 is 0 Å². The first kappa shape index (κ1) is 23.9. The summed E-state index contributed by atoms with van der Waals surface area (Å²) in [5.41, 5.74) is 3.21. The van der Waals surface area contributed by atoms with Gasteiger partial charge in [-0.3, -0.25) is 29.6 Å².